The van der Waals surface area contributed by atoms with E-state index < -0.39 is 23.7 Å². The molecule has 164 valence electrons. The number of halogens is 2. The maximum absolute atomic E-state index is 15.3. The maximum atomic E-state index is 15.3. The monoisotopic (exact) mass is 454 g/mol. The summed E-state index contributed by atoms with van der Waals surface area (Å²) in [5.74, 6) is -1.99. The zero-order valence-corrected chi connectivity index (χ0v) is 17.9. The van der Waals surface area contributed by atoms with Crippen LogP contribution in [0.2, 0.25) is 5.02 Å². The minimum absolute atomic E-state index is 0.0568. The SMILES string of the molecule is Cc1c(F)c(N[C@@H]2C3CCC(CC3)[C@H]2C(=O)O)nc(-c2n[nH]c3ncc(Cl)cc23)c1C#N. The first kappa shape index (κ1) is 20.6. The topological polar surface area (TPSA) is 128 Å². The fraction of sp³-hybridized carbons (Fsp3) is 0.409. The number of aromatic nitrogens is 4. The number of hydrogen-bond acceptors (Lipinski definition) is 6. The third-order valence-electron chi connectivity index (χ3n) is 6.90. The van der Waals surface area contributed by atoms with Gasteiger partial charge in [-0.25, -0.2) is 14.4 Å². The molecule has 3 aromatic rings. The van der Waals surface area contributed by atoms with Crippen molar-refractivity contribution in [2.24, 2.45) is 17.8 Å². The van der Waals surface area contributed by atoms with Gasteiger partial charge < -0.3 is 10.4 Å². The van der Waals surface area contributed by atoms with Gasteiger partial charge in [0.15, 0.2) is 17.3 Å². The molecule has 0 unspecified atom stereocenters. The number of carboxylic acids is 1. The summed E-state index contributed by atoms with van der Waals surface area (Å²) in [7, 11) is 0. The second kappa shape index (κ2) is 7.71. The Balaban J connectivity index is 1.63. The Kier molecular flexibility index (Phi) is 4.97. The van der Waals surface area contributed by atoms with Gasteiger partial charge in [-0.3, -0.25) is 9.89 Å². The van der Waals surface area contributed by atoms with Crippen molar-refractivity contribution in [1.29, 1.82) is 5.26 Å². The highest BCUT2D eigenvalue weighted by atomic mass is 35.5. The van der Waals surface area contributed by atoms with Gasteiger partial charge in [0.2, 0.25) is 0 Å². The molecule has 2 bridgehead atoms. The van der Waals surface area contributed by atoms with Crippen LogP contribution < -0.4 is 5.32 Å². The molecule has 3 aliphatic rings. The third kappa shape index (κ3) is 3.17. The molecule has 2 atom stereocenters. The fourth-order valence-electron chi connectivity index (χ4n) is 5.31. The fourth-order valence-corrected chi connectivity index (χ4v) is 5.47. The number of nitrogens with zero attached hydrogens (tertiary/aromatic N) is 4. The van der Waals surface area contributed by atoms with Crippen molar-refractivity contribution in [2.45, 2.75) is 38.6 Å². The summed E-state index contributed by atoms with van der Waals surface area (Å²) in [5.41, 5.74) is 1.16. The first-order valence-corrected chi connectivity index (χ1v) is 10.9. The standard InChI is InChI=1S/C22H20ClFN6O2/c1-9-14(7-25)18(19-13-6-12(23)8-26-20(13)30-29-19)28-21(16(9)24)27-17-11-4-2-10(3-5-11)15(17)22(31)32/h6,8,10-11,15,17H,2-5H2,1H3,(H,27,28)(H,31,32)(H,26,29,30)/t10?,11?,15-,17-/m1/s1. The predicted octanol–water partition coefficient (Wildman–Crippen LogP) is 4.29. The summed E-state index contributed by atoms with van der Waals surface area (Å²) in [6.07, 6.45) is 5.03. The third-order valence-corrected chi connectivity index (χ3v) is 7.11. The summed E-state index contributed by atoms with van der Waals surface area (Å²) >= 11 is 6.09. The highest BCUT2D eigenvalue weighted by molar-refractivity contribution is 6.31. The number of aromatic amines is 1. The quantitative estimate of drug-likeness (QED) is 0.536. The normalized spacial score (nSPS) is 24.4. The Bertz CT molecular complexity index is 1280. The molecule has 0 radical (unpaired) electrons. The van der Waals surface area contributed by atoms with Crippen molar-refractivity contribution in [2.75, 3.05) is 5.32 Å². The van der Waals surface area contributed by atoms with Crippen LogP contribution in [0.25, 0.3) is 22.4 Å². The zero-order chi connectivity index (χ0) is 22.6. The second-order valence-electron chi connectivity index (χ2n) is 8.57. The van der Waals surface area contributed by atoms with E-state index in [-0.39, 0.29) is 34.5 Å². The largest absolute Gasteiger partial charge is 0.481 e. The number of anilines is 1. The van der Waals surface area contributed by atoms with Crippen molar-refractivity contribution in [1.82, 2.24) is 20.2 Å². The number of aliphatic carboxylic acids is 1. The van der Waals surface area contributed by atoms with Crippen LogP contribution in [0.15, 0.2) is 12.3 Å². The first-order valence-electron chi connectivity index (χ1n) is 10.5. The van der Waals surface area contributed by atoms with Gasteiger partial charge in [0, 0.05) is 23.2 Å². The molecule has 0 aromatic carbocycles. The molecular formula is C22H20ClFN6O2. The molecule has 3 N–H and O–H groups in total. The van der Waals surface area contributed by atoms with E-state index in [1.54, 1.807) is 6.07 Å². The van der Waals surface area contributed by atoms with E-state index in [0.717, 1.165) is 25.7 Å². The summed E-state index contributed by atoms with van der Waals surface area (Å²) < 4.78 is 15.3. The van der Waals surface area contributed by atoms with Crippen LogP contribution in [-0.2, 0) is 4.79 Å². The van der Waals surface area contributed by atoms with Gasteiger partial charge in [-0.1, -0.05) is 11.6 Å². The van der Waals surface area contributed by atoms with Gasteiger partial charge in [-0.15, -0.1) is 0 Å². The lowest BCUT2D eigenvalue weighted by Crippen LogP contribution is -2.51. The second-order valence-corrected chi connectivity index (χ2v) is 9.00. The van der Waals surface area contributed by atoms with Gasteiger partial charge >= 0.3 is 5.97 Å². The highest BCUT2D eigenvalue weighted by Gasteiger charge is 2.47. The lowest BCUT2D eigenvalue weighted by atomic mass is 9.61. The number of carboxylic acid groups (broad SMARTS) is 1. The zero-order valence-electron chi connectivity index (χ0n) is 17.2. The Labute approximate surface area is 187 Å². The van der Waals surface area contributed by atoms with Crippen LogP contribution in [0.1, 0.15) is 36.8 Å². The van der Waals surface area contributed by atoms with Gasteiger partial charge in [-0.2, -0.15) is 10.4 Å². The van der Waals surface area contributed by atoms with Crippen LogP contribution in [0.3, 0.4) is 0 Å². The van der Waals surface area contributed by atoms with Crippen molar-refractivity contribution in [3.8, 4) is 17.5 Å². The molecule has 8 nitrogen and oxygen atoms in total. The van der Waals surface area contributed by atoms with Crippen LogP contribution >= 0.6 is 11.6 Å². The molecular weight excluding hydrogens is 435 g/mol. The first-order chi connectivity index (χ1) is 15.4. The Morgan fingerprint density at radius 2 is 2.03 bits per heavy atom. The Morgan fingerprint density at radius 3 is 2.72 bits per heavy atom. The van der Waals surface area contributed by atoms with E-state index in [9.17, 15) is 15.2 Å². The van der Waals surface area contributed by atoms with Crippen molar-refractivity contribution in [3.63, 3.8) is 0 Å². The number of nitrogens with one attached hydrogen (secondary N) is 2. The summed E-state index contributed by atoms with van der Waals surface area (Å²) in [4.78, 5) is 20.6. The summed E-state index contributed by atoms with van der Waals surface area (Å²) in [6.45, 7) is 1.51. The Hall–Kier alpha value is -3.25. The van der Waals surface area contributed by atoms with E-state index in [1.807, 2.05) is 6.07 Å². The average Bonchev–Trinajstić information content (AvgIpc) is 3.20. The number of H-pyrrole nitrogens is 1. The summed E-state index contributed by atoms with van der Waals surface area (Å²) in [6, 6.07) is 3.25. The number of fused-ring (bicyclic) bond motifs is 4. The predicted molar refractivity (Wildman–Crippen MR) is 116 cm³/mol. The maximum Gasteiger partial charge on any atom is 0.308 e. The smallest absolute Gasteiger partial charge is 0.308 e. The molecule has 0 aliphatic heterocycles. The minimum atomic E-state index is -0.873. The average molecular weight is 455 g/mol. The van der Waals surface area contributed by atoms with Crippen LogP contribution in [0, 0.1) is 41.8 Å². The lowest BCUT2D eigenvalue weighted by molar-refractivity contribution is -0.148. The van der Waals surface area contributed by atoms with Gasteiger partial charge in [0.25, 0.3) is 0 Å². The molecule has 10 heteroatoms. The van der Waals surface area contributed by atoms with E-state index in [1.165, 1.54) is 13.1 Å². The van der Waals surface area contributed by atoms with Crippen LogP contribution in [-0.4, -0.2) is 37.3 Å². The van der Waals surface area contributed by atoms with Crippen molar-refractivity contribution >= 4 is 34.4 Å². The number of rotatable bonds is 4. The van der Waals surface area contributed by atoms with E-state index in [0.29, 0.717) is 21.7 Å². The number of pyridine rings is 2. The van der Waals surface area contributed by atoms with Gasteiger partial charge in [0.05, 0.1) is 16.5 Å². The molecule has 3 saturated carbocycles. The minimum Gasteiger partial charge on any atom is -0.481 e. The molecule has 0 spiro atoms. The highest BCUT2D eigenvalue weighted by Crippen LogP contribution is 2.46. The number of nitriles is 1. The molecule has 3 aliphatic carbocycles. The molecule has 3 heterocycles. The van der Waals surface area contributed by atoms with Crippen LogP contribution in [0.4, 0.5) is 10.2 Å². The molecule has 3 fully saturated rings. The summed E-state index contributed by atoms with van der Waals surface area (Å²) in [5, 5.41) is 30.6. The van der Waals surface area contributed by atoms with Crippen molar-refractivity contribution in [3.05, 3.63) is 34.2 Å². The van der Waals surface area contributed by atoms with E-state index >= 15 is 4.39 Å². The Morgan fingerprint density at radius 1 is 1.31 bits per heavy atom. The number of hydrogen-bond donors (Lipinski definition) is 3. The van der Waals surface area contributed by atoms with Gasteiger partial charge in [-0.05, 0) is 50.5 Å². The van der Waals surface area contributed by atoms with E-state index in [2.05, 4.69) is 25.5 Å². The molecule has 32 heavy (non-hydrogen) atoms. The van der Waals surface area contributed by atoms with Gasteiger partial charge in [0.1, 0.15) is 17.5 Å². The van der Waals surface area contributed by atoms with E-state index in [4.69, 9.17) is 11.6 Å². The molecule has 0 saturated heterocycles. The molecule has 0 amide bonds. The van der Waals surface area contributed by atoms with Crippen LogP contribution in [0.5, 0.6) is 0 Å². The molecule has 3 aromatic heterocycles. The van der Waals surface area contributed by atoms with Crippen molar-refractivity contribution < 1.29 is 14.3 Å². The lowest BCUT2D eigenvalue weighted by Gasteiger charge is -2.47. The number of carbonyl (C=O) groups is 1. The molecule has 6 rings (SSSR count).